The molecule has 0 aliphatic carbocycles. The van der Waals surface area contributed by atoms with Gasteiger partial charge in [0.05, 0.1) is 6.61 Å². The molecule has 94 valence electrons. The Kier molecular flexibility index (Phi) is 5.60. The van der Waals surface area contributed by atoms with E-state index in [0.717, 1.165) is 13.1 Å². The van der Waals surface area contributed by atoms with Gasteiger partial charge in [0.25, 0.3) is 0 Å². The maximum Gasteiger partial charge on any atom is 0.407 e. The molecule has 16 heavy (non-hydrogen) atoms. The Morgan fingerprint density at radius 3 is 2.81 bits per heavy atom. The summed E-state index contributed by atoms with van der Waals surface area (Å²) in [6.07, 6.45) is 2.09. The highest BCUT2D eigenvalue weighted by atomic mass is 16.5. The van der Waals surface area contributed by atoms with E-state index in [1.807, 2.05) is 20.8 Å². The summed E-state index contributed by atoms with van der Waals surface area (Å²) < 4.78 is 5.09. The topological polar surface area (TPSA) is 50.4 Å². The first-order valence-corrected chi connectivity index (χ1v) is 6.23. The number of ether oxygens (including phenoxy) is 1. The fraction of sp³-hybridized carbons (Fsp3) is 0.917. The van der Waals surface area contributed by atoms with E-state index in [-0.39, 0.29) is 12.1 Å². The minimum Gasteiger partial charge on any atom is -0.449 e. The van der Waals surface area contributed by atoms with Crippen LogP contribution in [-0.4, -0.2) is 31.8 Å². The van der Waals surface area contributed by atoms with Crippen molar-refractivity contribution in [1.82, 2.24) is 10.6 Å². The van der Waals surface area contributed by atoms with Crippen LogP contribution in [0.2, 0.25) is 0 Å². The van der Waals surface area contributed by atoms with Crippen LogP contribution in [0.25, 0.3) is 0 Å². The molecule has 0 aromatic heterocycles. The number of carbonyl (C=O) groups excluding carboxylic acids is 1. The first-order chi connectivity index (χ1) is 7.59. The maximum atomic E-state index is 11.4. The normalized spacial score (nSPS) is 22.9. The zero-order valence-electron chi connectivity index (χ0n) is 10.6. The number of piperidine rings is 1. The lowest BCUT2D eigenvalue weighted by Crippen LogP contribution is -2.44. The maximum absolute atomic E-state index is 11.4. The average Bonchev–Trinajstić information content (AvgIpc) is 2.27. The Hall–Kier alpha value is -0.770. The van der Waals surface area contributed by atoms with Crippen molar-refractivity contribution in [3.63, 3.8) is 0 Å². The molecule has 1 aliphatic rings. The van der Waals surface area contributed by atoms with Gasteiger partial charge < -0.3 is 15.4 Å². The first kappa shape index (κ1) is 13.3. The quantitative estimate of drug-likeness (QED) is 0.771. The molecule has 1 heterocycles. The minimum atomic E-state index is -0.285. The lowest BCUT2D eigenvalue weighted by molar-refractivity contribution is 0.125. The van der Waals surface area contributed by atoms with E-state index >= 15 is 0 Å². The van der Waals surface area contributed by atoms with E-state index in [1.54, 1.807) is 0 Å². The molecule has 1 amide bonds. The average molecular weight is 228 g/mol. The van der Waals surface area contributed by atoms with Crippen molar-refractivity contribution in [3.05, 3.63) is 0 Å². The smallest absolute Gasteiger partial charge is 0.407 e. The first-order valence-electron chi connectivity index (χ1n) is 6.23. The Morgan fingerprint density at radius 2 is 2.25 bits per heavy atom. The molecule has 1 fully saturated rings. The summed E-state index contributed by atoms with van der Waals surface area (Å²) in [5.74, 6) is 0.915. The highest BCUT2D eigenvalue weighted by Gasteiger charge is 2.21. The number of rotatable bonds is 4. The predicted molar refractivity (Wildman–Crippen MR) is 64.4 cm³/mol. The number of amides is 1. The van der Waals surface area contributed by atoms with Crippen LogP contribution in [0.3, 0.4) is 0 Å². The van der Waals surface area contributed by atoms with Crippen LogP contribution in [0.1, 0.15) is 33.6 Å². The van der Waals surface area contributed by atoms with Crippen LogP contribution >= 0.6 is 0 Å². The fourth-order valence-electron chi connectivity index (χ4n) is 1.89. The van der Waals surface area contributed by atoms with E-state index in [0.29, 0.717) is 18.4 Å². The molecule has 2 N–H and O–H groups in total. The van der Waals surface area contributed by atoms with Crippen molar-refractivity contribution >= 4 is 6.09 Å². The number of hydrogen-bond donors (Lipinski definition) is 2. The molecule has 0 aromatic rings. The highest BCUT2D eigenvalue weighted by Crippen LogP contribution is 2.14. The zero-order chi connectivity index (χ0) is 12.0. The van der Waals surface area contributed by atoms with Crippen molar-refractivity contribution in [1.29, 1.82) is 0 Å². The van der Waals surface area contributed by atoms with Gasteiger partial charge in [-0.3, -0.25) is 0 Å². The van der Waals surface area contributed by atoms with Gasteiger partial charge in [0.15, 0.2) is 0 Å². The van der Waals surface area contributed by atoms with Crippen molar-refractivity contribution in [3.8, 4) is 0 Å². The van der Waals surface area contributed by atoms with E-state index in [2.05, 4.69) is 10.6 Å². The molecular weight excluding hydrogens is 204 g/mol. The van der Waals surface area contributed by atoms with E-state index in [4.69, 9.17) is 4.74 Å². The van der Waals surface area contributed by atoms with Gasteiger partial charge >= 0.3 is 6.09 Å². The van der Waals surface area contributed by atoms with E-state index in [1.165, 1.54) is 12.8 Å². The van der Waals surface area contributed by atoms with E-state index < -0.39 is 0 Å². The molecule has 0 spiro atoms. The van der Waals surface area contributed by atoms with Gasteiger partial charge in [-0.05, 0) is 44.7 Å². The Balaban J connectivity index is 2.21. The second-order valence-corrected chi connectivity index (χ2v) is 5.03. The number of carbonyl (C=O) groups is 1. The molecule has 2 atom stereocenters. The lowest BCUT2D eigenvalue weighted by Gasteiger charge is -2.28. The van der Waals surface area contributed by atoms with Gasteiger partial charge in [0, 0.05) is 6.04 Å². The summed E-state index contributed by atoms with van der Waals surface area (Å²) >= 11 is 0. The predicted octanol–water partition coefficient (Wildman–Crippen LogP) is 1.76. The Morgan fingerprint density at radius 1 is 1.50 bits per heavy atom. The molecule has 4 nitrogen and oxygen atoms in total. The summed E-state index contributed by atoms with van der Waals surface area (Å²) in [6, 6.07) is 0.187. The van der Waals surface area contributed by atoms with Gasteiger partial charge in [-0.2, -0.15) is 0 Å². The van der Waals surface area contributed by atoms with Crippen LogP contribution < -0.4 is 10.6 Å². The number of nitrogens with one attached hydrogen (secondary N) is 2. The third kappa shape index (κ3) is 4.84. The molecular formula is C12H24N2O2. The highest BCUT2D eigenvalue weighted by molar-refractivity contribution is 5.67. The number of hydrogen-bond acceptors (Lipinski definition) is 3. The Bertz CT molecular complexity index is 213. The standard InChI is InChI=1S/C12H24N2O2/c1-9(2)8-16-12(15)14-10(3)11-5-4-6-13-7-11/h9-11,13H,4-8H2,1-3H3,(H,14,15). The summed E-state index contributed by atoms with van der Waals surface area (Å²) in [7, 11) is 0. The molecule has 2 unspecified atom stereocenters. The summed E-state index contributed by atoms with van der Waals surface area (Å²) in [5, 5.41) is 6.25. The molecule has 0 radical (unpaired) electrons. The fourth-order valence-corrected chi connectivity index (χ4v) is 1.89. The number of alkyl carbamates (subject to hydrolysis) is 1. The van der Waals surface area contributed by atoms with Crippen LogP contribution in [0.5, 0.6) is 0 Å². The Labute approximate surface area is 98.1 Å². The van der Waals surface area contributed by atoms with Gasteiger partial charge in [0.2, 0.25) is 0 Å². The van der Waals surface area contributed by atoms with Gasteiger partial charge in [0.1, 0.15) is 0 Å². The summed E-state index contributed by atoms with van der Waals surface area (Å²) in [4.78, 5) is 11.4. The molecule has 1 rings (SSSR count). The third-order valence-electron chi connectivity index (χ3n) is 2.94. The second-order valence-electron chi connectivity index (χ2n) is 5.03. The van der Waals surface area contributed by atoms with Gasteiger partial charge in [-0.15, -0.1) is 0 Å². The molecule has 4 heteroatoms. The van der Waals surface area contributed by atoms with Crippen molar-refractivity contribution < 1.29 is 9.53 Å². The second kappa shape index (κ2) is 6.74. The van der Waals surface area contributed by atoms with Gasteiger partial charge in [-0.25, -0.2) is 4.79 Å². The van der Waals surface area contributed by atoms with Crippen LogP contribution in [-0.2, 0) is 4.74 Å². The zero-order valence-corrected chi connectivity index (χ0v) is 10.6. The largest absolute Gasteiger partial charge is 0.449 e. The molecule has 1 saturated heterocycles. The van der Waals surface area contributed by atoms with Crippen molar-refractivity contribution in [2.75, 3.05) is 19.7 Å². The minimum absolute atomic E-state index is 0.187. The van der Waals surface area contributed by atoms with Crippen LogP contribution in [0.15, 0.2) is 0 Å². The molecule has 0 saturated carbocycles. The van der Waals surface area contributed by atoms with Crippen molar-refractivity contribution in [2.24, 2.45) is 11.8 Å². The molecule has 0 bridgehead atoms. The van der Waals surface area contributed by atoms with Crippen molar-refractivity contribution in [2.45, 2.75) is 39.7 Å². The molecule has 0 aromatic carbocycles. The van der Waals surface area contributed by atoms with Gasteiger partial charge in [-0.1, -0.05) is 13.8 Å². The van der Waals surface area contributed by atoms with Crippen LogP contribution in [0.4, 0.5) is 4.79 Å². The monoisotopic (exact) mass is 228 g/mol. The lowest BCUT2D eigenvalue weighted by atomic mass is 9.93. The SMILES string of the molecule is CC(C)COC(=O)NC(C)C1CCCNC1. The third-order valence-corrected chi connectivity index (χ3v) is 2.94. The van der Waals surface area contributed by atoms with E-state index in [9.17, 15) is 4.79 Å². The molecule has 1 aliphatic heterocycles. The summed E-state index contributed by atoms with van der Waals surface area (Å²) in [6.45, 7) is 8.69. The summed E-state index contributed by atoms with van der Waals surface area (Å²) in [5.41, 5.74) is 0. The van der Waals surface area contributed by atoms with Crippen LogP contribution in [0, 0.1) is 11.8 Å².